The normalized spacial score (nSPS) is 11.0. The number of aromatic nitrogens is 2. The number of hydrogen-bond donors (Lipinski definition) is 1. The first-order valence-electron chi connectivity index (χ1n) is 6.25. The number of benzene rings is 2. The second kappa shape index (κ2) is 5.39. The highest BCUT2D eigenvalue weighted by Gasteiger charge is 2.16. The Kier molecular flexibility index (Phi) is 3.57. The minimum atomic E-state index is -0.440. The van der Waals surface area contributed by atoms with Gasteiger partial charge in [-0.3, -0.25) is 4.79 Å². The predicted molar refractivity (Wildman–Crippen MR) is 84.4 cm³/mol. The van der Waals surface area contributed by atoms with Crippen LogP contribution in [0, 0.1) is 0 Å². The van der Waals surface area contributed by atoms with Gasteiger partial charge in [0.15, 0.2) is 0 Å². The first-order chi connectivity index (χ1) is 10.1. The van der Waals surface area contributed by atoms with Gasteiger partial charge in [-0.25, -0.2) is 4.98 Å². The van der Waals surface area contributed by atoms with Crippen LogP contribution in [0.2, 0.25) is 10.0 Å². The van der Waals surface area contributed by atoms with Gasteiger partial charge in [-0.15, -0.1) is 0 Å². The van der Waals surface area contributed by atoms with E-state index in [4.69, 9.17) is 28.9 Å². The number of para-hydroxylation sites is 2. The molecule has 0 aliphatic heterocycles. The van der Waals surface area contributed by atoms with Crippen molar-refractivity contribution in [3.8, 4) is 11.4 Å². The number of nitrogens with two attached hydrogens (primary N) is 1. The Morgan fingerprint density at radius 3 is 2.67 bits per heavy atom. The van der Waals surface area contributed by atoms with Gasteiger partial charge < -0.3 is 10.3 Å². The molecule has 6 heteroatoms. The Labute approximate surface area is 131 Å². The molecule has 3 rings (SSSR count). The topological polar surface area (TPSA) is 60.9 Å². The first-order valence-corrected chi connectivity index (χ1v) is 7.01. The molecular formula is C15H11Cl2N3O. The van der Waals surface area contributed by atoms with Gasteiger partial charge in [0, 0.05) is 10.6 Å². The maximum absolute atomic E-state index is 11.4. The zero-order chi connectivity index (χ0) is 15.0. The number of nitrogens with zero attached hydrogens (tertiary/aromatic N) is 2. The fraction of sp³-hybridized carbons (Fsp3) is 0.0667. The highest BCUT2D eigenvalue weighted by molar-refractivity contribution is 6.36. The van der Waals surface area contributed by atoms with E-state index in [1.54, 1.807) is 22.8 Å². The Morgan fingerprint density at radius 2 is 1.95 bits per heavy atom. The van der Waals surface area contributed by atoms with Crippen molar-refractivity contribution in [3.05, 3.63) is 52.5 Å². The van der Waals surface area contributed by atoms with Gasteiger partial charge in [0.25, 0.3) is 0 Å². The molecule has 2 aromatic carbocycles. The van der Waals surface area contributed by atoms with E-state index in [0.29, 0.717) is 21.4 Å². The summed E-state index contributed by atoms with van der Waals surface area (Å²) in [4.78, 5) is 15.9. The summed E-state index contributed by atoms with van der Waals surface area (Å²) in [7, 11) is 0. The zero-order valence-corrected chi connectivity index (χ0v) is 12.4. The number of carbonyl (C=O) groups is 1. The summed E-state index contributed by atoms with van der Waals surface area (Å²) in [5, 5.41) is 1.02. The lowest BCUT2D eigenvalue weighted by Crippen LogP contribution is -2.19. The molecular weight excluding hydrogens is 309 g/mol. The summed E-state index contributed by atoms with van der Waals surface area (Å²) in [5.41, 5.74) is 7.66. The maximum Gasteiger partial charge on any atom is 0.237 e. The van der Waals surface area contributed by atoms with Crippen molar-refractivity contribution in [1.82, 2.24) is 9.55 Å². The fourth-order valence-electron chi connectivity index (χ4n) is 2.27. The van der Waals surface area contributed by atoms with Crippen molar-refractivity contribution >= 4 is 40.1 Å². The predicted octanol–water partition coefficient (Wildman–Crippen LogP) is 3.50. The van der Waals surface area contributed by atoms with Crippen LogP contribution in [0.3, 0.4) is 0 Å². The summed E-state index contributed by atoms with van der Waals surface area (Å²) in [6, 6.07) is 12.7. The second-order valence-corrected chi connectivity index (χ2v) is 5.44. The van der Waals surface area contributed by atoms with Crippen LogP contribution < -0.4 is 5.73 Å². The number of carbonyl (C=O) groups excluding carboxylic acids is 1. The molecule has 0 bridgehead atoms. The lowest BCUT2D eigenvalue weighted by Gasteiger charge is -2.08. The van der Waals surface area contributed by atoms with Gasteiger partial charge >= 0.3 is 0 Å². The van der Waals surface area contributed by atoms with E-state index >= 15 is 0 Å². The van der Waals surface area contributed by atoms with Crippen LogP contribution in [0.15, 0.2) is 42.5 Å². The molecule has 0 unspecified atom stereocenters. The Morgan fingerprint density at radius 1 is 1.19 bits per heavy atom. The highest BCUT2D eigenvalue weighted by Crippen LogP contribution is 2.32. The van der Waals surface area contributed by atoms with E-state index < -0.39 is 5.91 Å². The average Bonchev–Trinajstić information content (AvgIpc) is 2.77. The zero-order valence-electron chi connectivity index (χ0n) is 10.9. The van der Waals surface area contributed by atoms with Crippen molar-refractivity contribution in [2.75, 3.05) is 0 Å². The van der Waals surface area contributed by atoms with E-state index in [2.05, 4.69) is 4.98 Å². The summed E-state index contributed by atoms with van der Waals surface area (Å²) in [6.07, 6.45) is 0. The monoisotopic (exact) mass is 319 g/mol. The average molecular weight is 320 g/mol. The molecule has 0 aliphatic carbocycles. The summed E-state index contributed by atoms with van der Waals surface area (Å²) >= 11 is 12.2. The molecule has 3 aromatic rings. The molecule has 0 radical (unpaired) electrons. The summed E-state index contributed by atoms with van der Waals surface area (Å²) in [5.74, 6) is 0.154. The number of rotatable bonds is 3. The van der Waals surface area contributed by atoms with Gasteiger partial charge in [0.1, 0.15) is 12.4 Å². The smallest absolute Gasteiger partial charge is 0.237 e. The molecule has 106 valence electrons. The number of halogens is 2. The summed E-state index contributed by atoms with van der Waals surface area (Å²) < 4.78 is 1.76. The molecule has 2 N–H and O–H groups in total. The van der Waals surface area contributed by atoms with Crippen molar-refractivity contribution in [2.45, 2.75) is 6.54 Å². The number of hydrogen-bond acceptors (Lipinski definition) is 2. The van der Waals surface area contributed by atoms with Crippen LogP contribution in [-0.2, 0) is 11.3 Å². The molecule has 21 heavy (non-hydrogen) atoms. The quantitative estimate of drug-likeness (QED) is 0.803. The van der Waals surface area contributed by atoms with Crippen molar-refractivity contribution in [1.29, 1.82) is 0 Å². The molecule has 0 aliphatic rings. The van der Waals surface area contributed by atoms with E-state index in [1.807, 2.05) is 24.3 Å². The number of imidazole rings is 1. The van der Waals surface area contributed by atoms with Crippen LogP contribution >= 0.6 is 23.2 Å². The standard InChI is InChI=1S/C15H11Cl2N3O/c16-9-5-6-10(11(17)7-9)15-19-12-3-1-2-4-13(12)20(15)8-14(18)21/h1-7H,8H2,(H2,18,21). The molecule has 4 nitrogen and oxygen atoms in total. The van der Waals surface area contributed by atoms with Crippen molar-refractivity contribution in [2.24, 2.45) is 5.73 Å². The molecule has 0 fully saturated rings. The van der Waals surface area contributed by atoms with Crippen molar-refractivity contribution in [3.63, 3.8) is 0 Å². The van der Waals surface area contributed by atoms with Gasteiger partial charge in [0.05, 0.1) is 16.1 Å². The minimum absolute atomic E-state index is 0.0365. The number of amides is 1. The Balaban J connectivity index is 2.28. The maximum atomic E-state index is 11.4. The highest BCUT2D eigenvalue weighted by atomic mass is 35.5. The first kappa shape index (κ1) is 13.9. The fourth-order valence-corrected chi connectivity index (χ4v) is 2.76. The minimum Gasteiger partial charge on any atom is -0.368 e. The lowest BCUT2D eigenvalue weighted by molar-refractivity contribution is -0.118. The molecule has 0 atom stereocenters. The third kappa shape index (κ3) is 2.60. The SMILES string of the molecule is NC(=O)Cn1c(-c2ccc(Cl)cc2Cl)nc2ccccc21. The molecule has 1 aromatic heterocycles. The van der Waals surface area contributed by atoms with E-state index in [9.17, 15) is 4.79 Å². The number of primary amides is 1. The summed E-state index contributed by atoms with van der Waals surface area (Å²) in [6.45, 7) is 0.0365. The Bertz CT molecular complexity index is 842. The van der Waals surface area contributed by atoms with Crippen LogP contribution in [0.25, 0.3) is 22.4 Å². The van der Waals surface area contributed by atoms with Crippen LogP contribution in [-0.4, -0.2) is 15.5 Å². The lowest BCUT2D eigenvalue weighted by atomic mass is 10.2. The molecule has 0 saturated heterocycles. The van der Waals surface area contributed by atoms with Gasteiger partial charge in [0.2, 0.25) is 5.91 Å². The second-order valence-electron chi connectivity index (χ2n) is 4.60. The van der Waals surface area contributed by atoms with E-state index in [1.165, 1.54) is 0 Å². The molecule has 0 saturated carbocycles. The molecule has 1 amide bonds. The van der Waals surface area contributed by atoms with Crippen LogP contribution in [0.1, 0.15) is 0 Å². The molecule has 0 spiro atoms. The molecule has 1 heterocycles. The third-order valence-electron chi connectivity index (χ3n) is 3.14. The van der Waals surface area contributed by atoms with Gasteiger partial charge in [-0.2, -0.15) is 0 Å². The third-order valence-corrected chi connectivity index (χ3v) is 3.69. The van der Waals surface area contributed by atoms with Crippen molar-refractivity contribution < 1.29 is 4.79 Å². The largest absolute Gasteiger partial charge is 0.368 e. The number of fused-ring (bicyclic) bond motifs is 1. The van der Waals surface area contributed by atoms with Crippen LogP contribution in [0.4, 0.5) is 0 Å². The van der Waals surface area contributed by atoms with Gasteiger partial charge in [-0.1, -0.05) is 35.3 Å². The van der Waals surface area contributed by atoms with E-state index in [-0.39, 0.29) is 6.54 Å². The van der Waals surface area contributed by atoms with Crippen LogP contribution in [0.5, 0.6) is 0 Å². The van der Waals surface area contributed by atoms with E-state index in [0.717, 1.165) is 11.0 Å². The Hall–Kier alpha value is -2.04. The van der Waals surface area contributed by atoms with Gasteiger partial charge in [-0.05, 0) is 30.3 Å².